The molecule has 2 N–H and O–H groups in total. The molecule has 0 aliphatic heterocycles. The van der Waals surface area contributed by atoms with Crippen LogP contribution in [0.25, 0.3) is 0 Å². The van der Waals surface area contributed by atoms with Gasteiger partial charge in [-0.15, -0.1) is 0 Å². The van der Waals surface area contributed by atoms with Crippen LogP contribution in [0.2, 0.25) is 0 Å². The standard InChI is InChI=1S/C18H24N2S/c19-17(21)20(12-13-4-2-1-3-5-13)18-9-14-6-15(10-18)8-16(7-14)11-18/h1-5,14-16H,6-12H2,(H2,19,21). The lowest BCUT2D eigenvalue weighted by Gasteiger charge is -2.60. The topological polar surface area (TPSA) is 29.3 Å². The molecule has 0 atom stereocenters. The quantitative estimate of drug-likeness (QED) is 0.863. The second-order valence-electron chi connectivity index (χ2n) is 7.55. The normalized spacial score (nSPS) is 36.7. The molecule has 1 aromatic carbocycles. The molecule has 0 radical (unpaired) electrons. The molecule has 2 nitrogen and oxygen atoms in total. The zero-order valence-electron chi connectivity index (χ0n) is 12.5. The van der Waals surface area contributed by atoms with Crippen molar-refractivity contribution in [2.24, 2.45) is 23.5 Å². The van der Waals surface area contributed by atoms with Gasteiger partial charge < -0.3 is 10.6 Å². The van der Waals surface area contributed by atoms with Crippen molar-refractivity contribution in [2.75, 3.05) is 0 Å². The summed E-state index contributed by atoms with van der Waals surface area (Å²) in [6.07, 6.45) is 8.29. The van der Waals surface area contributed by atoms with Crippen molar-refractivity contribution in [3.8, 4) is 0 Å². The van der Waals surface area contributed by atoms with Gasteiger partial charge in [0.25, 0.3) is 0 Å². The Kier molecular flexibility index (Phi) is 3.21. The summed E-state index contributed by atoms with van der Waals surface area (Å²) in [5.41, 5.74) is 7.74. The van der Waals surface area contributed by atoms with Crippen molar-refractivity contribution in [3.63, 3.8) is 0 Å². The first-order valence-corrected chi connectivity index (χ1v) is 8.66. The summed E-state index contributed by atoms with van der Waals surface area (Å²) in [6.45, 7) is 0.877. The first-order valence-electron chi connectivity index (χ1n) is 8.26. The minimum atomic E-state index is 0.260. The van der Waals surface area contributed by atoms with Crippen molar-refractivity contribution in [1.82, 2.24) is 4.90 Å². The zero-order chi connectivity index (χ0) is 14.4. The van der Waals surface area contributed by atoms with E-state index in [0.717, 1.165) is 24.3 Å². The number of nitrogens with zero attached hydrogens (tertiary/aromatic N) is 1. The second kappa shape index (κ2) is 4.98. The molecule has 112 valence electrons. The highest BCUT2D eigenvalue weighted by Gasteiger charge is 2.53. The van der Waals surface area contributed by atoms with E-state index >= 15 is 0 Å². The summed E-state index contributed by atoms with van der Waals surface area (Å²) in [6, 6.07) is 10.6. The fraction of sp³-hybridized carbons (Fsp3) is 0.611. The molecule has 4 bridgehead atoms. The Labute approximate surface area is 132 Å². The summed E-state index contributed by atoms with van der Waals surface area (Å²) < 4.78 is 0. The molecule has 0 spiro atoms. The Morgan fingerprint density at radius 3 is 2.05 bits per heavy atom. The van der Waals surface area contributed by atoms with Gasteiger partial charge in [-0.2, -0.15) is 0 Å². The number of hydrogen-bond donors (Lipinski definition) is 1. The molecule has 4 saturated carbocycles. The smallest absolute Gasteiger partial charge is 0.167 e. The lowest BCUT2D eigenvalue weighted by molar-refractivity contribution is -0.0643. The van der Waals surface area contributed by atoms with Gasteiger partial charge in [0.15, 0.2) is 5.11 Å². The number of hydrogen-bond acceptors (Lipinski definition) is 1. The molecule has 21 heavy (non-hydrogen) atoms. The Balaban J connectivity index is 1.63. The summed E-state index contributed by atoms with van der Waals surface area (Å²) in [5, 5.41) is 0.598. The van der Waals surface area contributed by atoms with Crippen LogP contribution in [-0.2, 0) is 6.54 Å². The van der Waals surface area contributed by atoms with Gasteiger partial charge in [0.2, 0.25) is 0 Å². The first-order chi connectivity index (χ1) is 10.1. The Morgan fingerprint density at radius 2 is 1.57 bits per heavy atom. The monoisotopic (exact) mass is 300 g/mol. The van der Waals surface area contributed by atoms with Gasteiger partial charge in [0.05, 0.1) is 0 Å². The highest BCUT2D eigenvalue weighted by molar-refractivity contribution is 7.80. The Hall–Kier alpha value is -1.09. The molecule has 3 heteroatoms. The van der Waals surface area contributed by atoms with Crippen molar-refractivity contribution in [1.29, 1.82) is 0 Å². The third-order valence-corrected chi connectivity index (χ3v) is 6.25. The van der Waals surface area contributed by atoms with E-state index in [4.69, 9.17) is 18.0 Å². The molecule has 4 aliphatic rings. The minimum absolute atomic E-state index is 0.260. The van der Waals surface area contributed by atoms with E-state index < -0.39 is 0 Å². The molecule has 4 fully saturated rings. The molecular weight excluding hydrogens is 276 g/mol. The van der Waals surface area contributed by atoms with Crippen LogP contribution >= 0.6 is 12.2 Å². The van der Waals surface area contributed by atoms with Crippen molar-refractivity contribution in [3.05, 3.63) is 35.9 Å². The molecule has 0 heterocycles. The summed E-state index contributed by atoms with van der Waals surface area (Å²) in [4.78, 5) is 2.38. The number of thiocarbonyl (C=S) groups is 1. The molecule has 0 unspecified atom stereocenters. The second-order valence-corrected chi connectivity index (χ2v) is 7.97. The maximum Gasteiger partial charge on any atom is 0.167 e. The minimum Gasteiger partial charge on any atom is -0.376 e. The van der Waals surface area contributed by atoms with Gasteiger partial charge >= 0.3 is 0 Å². The fourth-order valence-corrected chi connectivity index (χ4v) is 5.90. The van der Waals surface area contributed by atoms with Crippen LogP contribution in [0.1, 0.15) is 44.1 Å². The predicted molar refractivity (Wildman–Crippen MR) is 89.7 cm³/mol. The maximum atomic E-state index is 6.16. The molecule has 0 aromatic heterocycles. The number of nitrogens with two attached hydrogens (primary N) is 1. The molecular formula is C18H24N2S. The van der Waals surface area contributed by atoms with Crippen LogP contribution < -0.4 is 5.73 Å². The summed E-state index contributed by atoms with van der Waals surface area (Å²) in [5.74, 6) is 2.76. The summed E-state index contributed by atoms with van der Waals surface area (Å²) >= 11 is 5.46. The maximum absolute atomic E-state index is 6.16. The van der Waals surface area contributed by atoms with E-state index in [1.807, 2.05) is 0 Å². The molecule has 4 aliphatic carbocycles. The summed E-state index contributed by atoms with van der Waals surface area (Å²) in [7, 11) is 0. The average molecular weight is 300 g/mol. The van der Waals surface area contributed by atoms with Crippen LogP contribution in [0, 0.1) is 17.8 Å². The van der Waals surface area contributed by atoms with Gasteiger partial charge in [-0.05, 0) is 74.1 Å². The third kappa shape index (κ3) is 2.36. The molecule has 0 saturated heterocycles. The van der Waals surface area contributed by atoms with Gasteiger partial charge in [0, 0.05) is 12.1 Å². The van der Waals surface area contributed by atoms with E-state index in [9.17, 15) is 0 Å². The van der Waals surface area contributed by atoms with Crippen molar-refractivity contribution >= 4 is 17.3 Å². The fourth-order valence-electron chi connectivity index (χ4n) is 5.64. The predicted octanol–water partition coefficient (Wildman–Crippen LogP) is 3.70. The van der Waals surface area contributed by atoms with Crippen LogP contribution in [0.15, 0.2) is 30.3 Å². The Morgan fingerprint density at radius 1 is 1.05 bits per heavy atom. The molecule has 5 rings (SSSR count). The largest absolute Gasteiger partial charge is 0.376 e. The van der Waals surface area contributed by atoms with E-state index in [0.29, 0.717) is 5.11 Å². The van der Waals surface area contributed by atoms with E-state index in [1.165, 1.54) is 44.1 Å². The third-order valence-electron chi connectivity index (χ3n) is 6.03. The lowest BCUT2D eigenvalue weighted by Crippen LogP contribution is -2.62. The zero-order valence-corrected chi connectivity index (χ0v) is 13.3. The number of rotatable bonds is 3. The van der Waals surface area contributed by atoms with Crippen LogP contribution in [0.4, 0.5) is 0 Å². The SMILES string of the molecule is NC(=S)N(Cc1ccccc1)C12CC3CC(CC(C3)C1)C2. The molecule has 0 amide bonds. The van der Waals surface area contributed by atoms with E-state index in [1.54, 1.807) is 0 Å². The highest BCUT2D eigenvalue weighted by Crippen LogP contribution is 2.58. The van der Waals surface area contributed by atoms with Crippen molar-refractivity contribution in [2.45, 2.75) is 50.6 Å². The van der Waals surface area contributed by atoms with Gasteiger partial charge in [-0.1, -0.05) is 30.3 Å². The lowest BCUT2D eigenvalue weighted by atomic mass is 9.52. The highest BCUT2D eigenvalue weighted by atomic mass is 32.1. The molecule has 1 aromatic rings. The van der Waals surface area contributed by atoms with Gasteiger partial charge in [-0.3, -0.25) is 0 Å². The van der Waals surface area contributed by atoms with E-state index in [2.05, 4.69) is 35.2 Å². The van der Waals surface area contributed by atoms with Gasteiger partial charge in [0.1, 0.15) is 0 Å². The van der Waals surface area contributed by atoms with Crippen LogP contribution in [-0.4, -0.2) is 15.6 Å². The van der Waals surface area contributed by atoms with E-state index in [-0.39, 0.29) is 5.54 Å². The van der Waals surface area contributed by atoms with Crippen LogP contribution in [0.3, 0.4) is 0 Å². The number of benzene rings is 1. The average Bonchev–Trinajstić information content (AvgIpc) is 2.44. The van der Waals surface area contributed by atoms with Crippen LogP contribution in [0.5, 0.6) is 0 Å². The first kappa shape index (κ1) is 13.6. The van der Waals surface area contributed by atoms with Gasteiger partial charge in [-0.25, -0.2) is 0 Å². The van der Waals surface area contributed by atoms with Crippen molar-refractivity contribution < 1.29 is 0 Å². The Bertz CT molecular complexity index is 504.